The Morgan fingerprint density at radius 1 is 1.40 bits per heavy atom. The molecule has 0 bridgehead atoms. The Morgan fingerprint density at radius 3 is 2.53 bits per heavy atom. The topological polar surface area (TPSA) is 63.6 Å². The van der Waals surface area contributed by atoms with Crippen LogP contribution in [0, 0.1) is 0 Å². The summed E-state index contributed by atoms with van der Waals surface area (Å²) in [5.74, 6) is -0.139. The average Bonchev–Trinajstić information content (AvgIpc) is 2.02. The van der Waals surface area contributed by atoms with E-state index >= 15 is 0 Å². The molecule has 15 heavy (non-hydrogen) atoms. The molecule has 1 fully saturated rings. The van der Waals surface area contributed by atoms with Gasteiger partial charge in [-0.25, -0.2) is 0 Å². The summed E-state index contributed by atoms with van der Waals surface area (Å²) in [4.78, 5) is 0. The van der Waals surface area contributed by atoms with Gasteiger partial charge < -0.3 is 4.74 Å². The molecule has 0 amide bonds. The first-order valence-electron chi connectivity index (χ1n) is 5.00. The molecule has 0 saturated carbocycles. The third-order valence-electron chi connectivity index (χ3n) is 2.66. The van der Waals surface area contributed by atoms with Crippen LogP contribution in [0.1, 0.15) is 32.1 Å². The van der Waals surface area contributed by atoms with E-state index in [0.717, 1.165) is 36.1 Å². The van der Waals surface area contributed by atoms with Gasteiger partial charge in [-0.1, -0.05) is 0 Å². The Morgan fingerprint density at radius 2 is 2.07 bits per heavy atom. The molecule has 1 unspecified atom stereocenters. The Kier molecular flexibility index (Phi) is 7.22. The van der Waals surface area contributed by atoms with E-state index in [-0.39, 0.29) is 40.5 Å². The van der Waals surface area contributed by atoms with E-state index in [4.69, 9.17) is 9.29 Å². The van der Waals surface area contributed by atoms with Crippen LogP contribution in [0.25, 0.3) is 0 Å². The third kappa shape index (κ3) is 7.09. The summed E-state index contributed by atoms with van der Waals surface area (Å²) in [6.45, 7) is 0.801. The number of ether oxygens (including phenoxy) is 1. The second-order valence-corrected chi connectivity index (χ2v) is 7.54. The predicted octanol–water partition coefficient (Wildman–Crippen LogP) is -0.732. The monoisotopic (exact) mass is 262 g/mol. The molecule has 4 nitrogen and oxygen atoms in total. The van der Waals surface area contributed by atoms with Crippen LogP contribution < -0.4 is 0 Å². The number of rotatable bonds is 4. The fraction of sp³-hybridized carbons (Fsp3) is 1.00. The second-order valence-electron chi connectivity index (χ2n) is 4.15. The van der Waals surface area contributed by atoms with Gasteiger partial charge in [0, 0.05) is 22.1 Å². The van der Waals surface area contributed by atoms with E-state index in [1.54, 1.807) is 0 Å². The summed E-state index contributed by atoms with van der Waals surface area (Å²) >= 11 is 0. The number of hydrogen-bond donors (Lipinski definition) is 1. The molecule has 0 aromatic carbocycles. The van der Waals surface area contributed by atoms with Crippen molar-refractivity contribution in [1.29, 1.82) is 0 Å². The van der Waals surface area contributed by atoms with Crippen LogP contribution in [0.15, 0.2) is 0 Å². The van der Waals surface area contributed by atoms with Crippen LogP contribution in [0.2, 0.25) is 0 Å². The molecule has 1 rings (SSSR count). The third-order valence-corrected chi connectivity index (χ3v) is 4.75. The second kappa shape index (κ2) is 6.73. The van der Waals surface area contributed by atoms with Gasteiger partial charge in [0.05, 0.1) is 5.75 Å². The zero-order chi connectivity index (χ0) is 10.7. The Labute approximate surface area is 117 Å². The maximum atomic E-state index is 10.5. The van der Waals surface area contributed by atoms with Gasteiger partial charge in [0.15, 0.2) is 0 Å². The molecule has 1 N–H and O–H groups in total. The molecule has 0 aliphatic carbocycles. The van der Waals surface area contributed by atoms with Crippen LogP contribution in [0.5, 0.6) is 0 Å². The van der Waals surface area contributed by atoms with Crippen molar-refractivity contribution in [1.82, 2.24) is 0 Å². The summed E-state index contributed by atoms with van der Waals surface area (Å²) in [7, 11) is -2.86. The van der Waals surface area contributed by atoms with Crippen LogP contribution in [-0.2, 0) is 14.9 Å². The molecule has 1 atom stereocenters. The molecule has 0 aromatic rings. The quantitative estimate of drug-likeness (QED) is 0.536. The first kappa shape index (κ1) is 16.1. The van der Waals surface area contributed by atoms with Crippen LogP contribution in [-0.4, -0.2) is 70.4 Å². The molecule has 0 spiro atoms. The molecule has 1 aliphatic heterocycles. The predicted molar refractivity (Wildman–Crippen MR) is 65.3 cm³/mol. The summed E-state index contributed by atoms with van der Waals surface area (Å²) in [5.41, 5.74) is 0. The van der Waals surface area contributed by atoms with Crippen LogP contribution in [0.4, 0.5) is 0 Å². The van der Waals surface area contributed by atoms with E-state index in [1.807, 2.05) is 0 Å². The first-order chi connectivity index (χ1) is 6.41. The van der Waals surface area contributed by atoms with Crippen molar-refractivity contribution in [3.8, 4) is 0 Å². The van der Waals surface area contributed by atoms with Gasteiger partial charge in [0.1, 0.15) is 0 Å². The zero-order valence-corrected chi connectivity index (χ0v) is 11.3. The van der Waals surface area contributed by atoms with Crippen LogP contribution in [0.3, 0.4) is 0 Å². The summed E-state index contributed by atoms with van der Waals surface area (Å²) in [6.07, 6.45) is 4.60. The normalized spacial score (nSPS) is 27.3. The van der Waals surface area contributed by atoms with Gasteiger partial charge in [-0.05, 0) is 32.1 Å². The molecular weight excluding hydrogens is 243 g/mol. The van der Waals surface area contributed by atoms with E-state index < -0.39 is 10.1 Å². The first-order valence-corrected chi connectivity index (χ1v) is 7.61. The van der Waals surface area contributed by atoms with Gasteiger partial charge in [-0.15, -0.1) is 0 Å². The number of hydrogen-bond acceptors (Lipinski definition) is 3. The van der Waals surface area contributed by atoms with E-state index in [0.29, 0.717) is 6.42 Å². The van der Waals surface area contributed by atoms with Crippen molar-refractivity contribution < 1.29 is 17.7 Å². The van der Waals surface area contributed by atoms with Crippen molar-refractivity contribution in [2.45, 2.75) is 37.3 Å². The molecule has 1 heterocycles. The van der Waals surface area contributed by atoms with Gasteiger partial charge in [-0.3, -0.25) is 4.55 Å². The molecule has 1 saturated heterocycles. The van der Waals surface area contributed by atoms with Crippen LogP contribution >= 0.6 is 0 Å². The molecular formula is C8H19NaO4SSi. The molecule has 7 heteroatoms. The summed E-state index contributed by atoms with van der Waals surface area (Å²) < 4.78 is 35.2. The molecule has 0 radical (unpaired) electrons. The summed E-state index contributed by atoms with van der Waals surface area (Å²) in [6, 6.07) is 0. The molecule has 86 valence electrons. The minimum absolute atomic E-state index is 0. The van der Waals surface area contributed by atoms with Crippen molar-refractivity contribution in [2.75, 3.05) is 12.4 Å². The Bertz CT molecular complexity index is 274. The van der Waals surface area contributed by atoms with Gasteiger partial charge in [-0.2, -0.15) is 8.42 Å². The zero-order valence-electron chi connectivity index (χ0n) is 8.53. The molecule has 1 aliphatic rings. The fourth-order valence-electron chi connectivity index (χ4n) is 1.82. The Balaban J connectivity index is 0.00000196. The minimum atomic E-state index is -3.79. The van der Waals surface area contributed by atoms with Crippen molar-refractivity contribution in [3.05, 3.63) is 0 Å². The van der Waals surface area contributed by atoms with Gasteiger partial charge in [0.2, 0.25) is 0 Å². The van der Waals surface area contributed by atoms with E-state index in [2.05, 4.69) is 0 Å². The fourth-order valence-corrected chi connectivity index (χ4v) is 3.24. The van der Waals surface area contributed by atoms with E-state index in [9.17, 15) is 8.42 Å². The van der Waals surface area contributed by atoms with Gasteiger partial charge >= 0.3 is 29.6 Å². The maximum absolute atomic E-state index is 10.5. The van der Waals surface area contributed by atoms with Crippen molar-refractivity contribution >= 4 is 49.9 Å². The summed E-state index contributed by atoms with van der Waals surface area (Å²) in [5, 5.41) is -0.0388. The average molecular weight is 262 g/mol. The Hall–Kier alpha value is 1.09. The van der Waals surface area contributed by atoms with Gasteiger partial charge in [0.25, 0.3) is 10.1 Å². The SMILES string of the molecule is O=S(=O)(O)CCCC1([SiH3])CCCCO1.[NaH]. The standard InChI is InChI=1S/C8H18O4SSi.Na.H/c9-13(10,11)7-3-5-8(14)4-1-2-6-12-8;;/h1-7H2,14H3,(H,9,10,11);;. The molecule has 0 aromatic heterocycles. The van der Waals surface area contributed by atoms with E-state index in [1.165, 1.54) is 6.42 Å². The van der Waals surface area contributed by atoms with Crippen molar-refractivity contribution in [3.63, 3.8) is 0 Å². The van der Waals surface area contributed by atoms with Crippen molar-refractivity contribution in [2.24, 2.45) is 0 Å².